The molecule has 2 saturated heterocycles. The third-order valence-corrected chi connectivity index (χ3v) is 5.91. The van der Waals surface area contributed by atoms with Gasteiger partial charge in [-0.25, -0.2) is 0 Å². The summed E-state index contributed by atoms with van der Waals surface area (Å²) >= 11 is 1.89. The van der Waals surface area contributed by atoms with Crippen LogP contribution in [-0.2, 0) is 4.79 Å². The van der Waals surface area contributed by atoms with Crippen LogP contribution in [0.15, 0.2) is 18.2 Å². The summed E-state index contributed by atoms with van der Waals surface area (Å²) in [7, 11) is 0. The molecule has 1 unspecified atom stereocenters. The summed E-state index contributed by atoms with van der Waals surface area (Å²) in [5.74, 6) is 2.57. The molecule has 0 spiro atoms. The average molecular weight is 347 g/mol. The van der Waals surface area contributed by atoms with E-state index < -0.39 is 0 Å². The van der Waals surface area contributed by atoms with Crippen molar-refractivity contribution in [2.24, 2.45) is 11.8 Å². The Morgan fingerprint density at radius 3 is 2.58 bits per heavy atom. The highest BCUT2D eigenvalue weighted by molar-refractivity contribution is 7.99. The number of carbonyl (C=O) groups excluding carboxylic acids is 2. The summed E-state index contributed by atoms with van der Waals surface area (Å²) in [5.41, 5.74) is 2.43. The first kappa shape index (κ1) is 17.3. The lowest BCUT2D eigenvalue weighted by molar-refractivity contribution is -0.121. The van der Waals surface area contributed by atoms with Crippen molar-refractivity contribution in [3.63, 3.8) is 0 Å². The van der Waals surface area contributed by atoms with E-state index in [0.717, 1.165) is 48.9 Å². The van der Waals surface area contributed by atoms with Crippen molar-refractivity contribution >= 4 is 29.3 Å². The molecule has 0 aromatic heterocycles. The number of rotatable bonds is 4. The maximum atomic E-state index is 12.6. The van der Waals surface area contributed by atoms with E-state index in [0.29, 0.717) is 11.5 Å². The molecule has 2 N–H and O–H groups in total. The lowest BCUT2D eigenvalue weighted by atomic mass is 9.88. The Morgan fingerprint density at radius 1 is 1.29 bits per heavy atom. The third kappa shape index (κ3) is 3.75. The Labute approximate surface area is 147 Å². The highest BCUT2D eigenvalue weighted by Crippen LogP contribution is 2.22. The van der Waals surface area contributed by atoms with Crippen molar-refractivity contribution in [3.05, 3.63) is 29.3 Å². The molecule has 2 aliphatic heterocycles. The fourth-order valence-electron chi connectivity index (χ4n) is 3.01. The van der Waals surface area contributed by atoms with Crippen molar-refractivity contribution in [1.29, 1.82) is 0 Å². The van der Waals surface area contributed by atoms with E-state index in [1.807, 2.05) is 48.7 Å². The van der Waals surface area contributed by atoms with Gasteiger partial charge in [0.1, 0.15) is 0 Å². The first-order valence-electron chi connectivity index (χ1n) is 8.55. The molecular formula is C18H25N3O2S. The summed E-state index contributed by atoms with van der Waals surface area (Å²) in [5, 5.41) is 6.21. The Morgan fingerprint density at radius 2 is 2.00 bits per heavy atom. The minimum Gasteiger partial charge on any atom is -0.337 e. The summed E-state index contributed by atoms with van der Waals surface area (Å²) in [6.45, 7) is 7.36. The van der Waals surface area contributed by atoms with Gasteiger partial charge < -0.3 is 15.5 Å². The minimum absolute atomic E-state index is 0.00203. The molecule has 3 rings (SSSR count). The van der Waals surface area contributed by atoms with E-state index in [1.165, 1.54) is 0 Å². The van der Waals surface area contributed by atoms with Crippen molar-refractivity contribution in [2.45, 2.75) is 13.8 Å². The third-order valence-electron chi connectivity index (χ3n) is 4.96. The Kier molecular flexibility index (Phi) is 5.46. The van der Waals surface area contributed by atoms with Crippen LogP contribution in [-0.4, -0.2) is 54.4 Å². The van der Waals surface area contributed by atoms with Gasteiger partial charge in [0, 0.05) is 41.8 Å². The Balaban J connectivity index is 1.65. The normalized spacial score (nSPS) is 19.5. The predicted octanol–water partition coefficient (Wildman–Crippen LogP) is 1.98. The standard InChI is InChI=1S/C18H25N3O2S/c1-12-9-14(18(23)21-5-7-24-8-6-21)3-4-16(12)20-17(22)13(2)15-10-19-11-15/h3-4,9,13,15,19H,5-8,10-11H2,1-2H3,(H,20,22). The zero-order chi connectivity index (χ0) is 17.1. The molecule has 2 aliphatic rings. The van der Waals surface area contributed by atoms with Crippen molar-refractivity contribution < 1.29 is 9.59 Å². The van der Waals surface area contributed by atoms with Gasteiger partial charge in [0.15, 0.2) is 0 Å². The van der Waals surface area contributed by atoms with Gasteiger partial charge in [0.25, 0.3) is 5.91 Å². The van der Waals surface area contributed by atoms with Crippen LogP contribution in [0.3, 0.4) is 0 Å². The molecule has 0 aliphatic carbocycles. The van der Waals surface area contributed by atoms with Crippen molar-refractivity contribution in [2.75, 3.05) is 43.0 Å². The number of nitrogens with zero attached hydrogens (tertiary/aromatic N) is 1. The number of carbonyl (C=O) groups is 2. The van der Waals surface area contributed by atoms with Gasteiger partial charge in [-0.05, 0) is 49.7 Å². The molecular weight excluding hydrogens is 322 g/mol. The predicted molar refractivity (Wildman–Crippen MR) is 98.6 cm³/mol. The quantitative estimate of drug-likeness (QED) is 0.874. The zero-order valence-electron chi connectivity index (χ0n) is 14.3. The molecule has 5 nitrogen and oxygen atoms in total. The lowest BCUT2D eigenvalue weighted by Crippen LogP contribution is -2.48. The van der Waals surface area contributed by atoms with Crippen LogP contribution in [0.25, 0.3) is 0 Å². The summed E-state index contributed by atoms with van der Waals surface area (Å²) < 4.78 is 0. The fraction of sp³-hybridized carbons (Fsp3) is 0.556. The van der Waals surface area contributed by atoms with Crippen LogP contribution in [0.2, 0.25) is 0 Å². The first-order valence-corrected chi connectivity index (χ1v) is 9.71. The summed E-state index contributed by atoms with van der Waals surface area (Å²) in [4.78, 5) is 26.8. The second-order valence-corrected chi connectivity index (χ2v) is 7.86. The first-order chi connectivity index (χ1) is 11.6. The second kappa shape index (κ2) is 7.57. The molecule has 24 heavy (non-hydrogen) atoms. The van der Waals surface area contributed by atoms with Gasteiger partial charge in [-0.2, -0.15) is 11.8 Å². The molecule has 130 valence electrons. The van der Waals surface area contributed by atoms with Crippen LogP contribution in [0, 0.1) is 18.8 Å². The number of nitrogens with one attached hydrogen (secondary N) is 2. The maximum Gasteiger partial charge on any atom is 0.253 e. The second-order valence-electron chi connectivity index (χ2n) is 6.63. The molecule has 1 aromatic carbocycles. The van der Waals surface area contributed by atoms with Crippen LogP contribution in [0.1, 0.15) is 22.8 Å². The number of aryl methyl sites for hydroxylation is 1. The van der Waals surface area contributed by atoms with Crippen LogP contribution in [0.4, 0.5) is 5.69 Å². The van der Waals surface area contributed by atoms with E-state index >= 15 is 0 Å². The van der Waals surface area contributed by atoms with Crippen LogP contribution < -0.4 is 10.6 Å². The van der Waals surface area contributed by atoms with E-state index in [1.54, 1.807) is 0 Å². The molecule has 0 saturated carbocycles. The molecule has 1 atom stereocenters. The molecule has 1 aromatic rings. The van der Waals surface area contributed by atoms with Gasteiger partial charge in [-0.15, -0.1) is 0 Å². The Bertz CT molecular complexity index is 625. The van der Waals surface area contributed by atoms with E-state index in [4.69, 9.17) is 0 Å². The number of amides is 2. The monoisotopic (exact) mass is 347 g/mol. The number of thioether (sulfide) groups is 1. The molecule has 2 amide bonds. The van der Waals surface area contributed by atoms with Crippen LogP contribution in [0.5, 0.6) is 0 Å². The van der Waals surface area contributed by atoms with Gasteiger partial charge in [-0.1, -0.05) is 6.92 Å². The summed E-state index contributed by atoms with van der Waals surface area (Å²) in [6, 6.07) is 5.56. The van der Waals surface area contributed by atoms with Gasteiger partial charge >= 0.3 is 0 Å². The highest BCUT2D eigenvalue weighted by Gasteiger charge is 2.29. The lowest BCUT2D eigenvalue weighted by Gasteiger charge is -2.31. The van der Waals surface area contributed by atoms with Gasteiger partial charge in [0.2, 0.25) is 5.91 Å². The maximum absolute atomic E-state index is 12.6. The number of hydrogen-bond acceptors (Lipinski definition) is 4. The smallest absolute Gasteiger partial charge is 0.253 e. The minimum atomic E-state index is -0.00203. The van der Waals surface area contributed by atoms with Gasteiger partial charge in [-0.3, -0.25) is 9.59 Å². The summed E-state index contributed by atoms with van der Waals surface area (Å²) in [6.07, 6.45) is 0. The molecule has 6 heteroatoms. The number of hydrogen-bond donors (Lipinski definition) is 2. The largest absolute Gasteiger partial charge is 0.337 e. The average Bonchev–Trinajstić information content (AvgIpc) is 2.55. The van der Waals surface area contributed by atoms with Crippen molar-refractivity contribution in [3.8, 4) is 0 Å². The SMILES string of the molecule is Cc1cc(C(=O)N2CCSCC2)ccc1NC(=O)C(C)C1CNC1. The molecule has 2 heterocycles. The van der Waals surface area contributed by atoms with Crippen LogP contribution >= 0.6 is 11.8 Å². The highest BCUT2D eigenvalue weighted by atomic mass is 32.2. The van der Waals surface area contributed by atoms with E-state index in [-0.39, 0.29) is 17.7 Å². The fourth-order valence-corrected chi connectivity index (χ4v) is 3.91. The number of benzene rings is 1. The number of anilines is 1. The van der Waals surface area contributed by atoms with E-state index in [2.05, 4.69) is 10.6 Å². The zero-order valence-corrected chi connectivity index (χ0v) is 15.1. The topological polar surface area (TPSA) is 61.4 Å². The molecule has 0 bridgehead atoms. The Hall–Kier alpha value is -1.53. The van der Waals surface area contributed by atoms with Crippen molar-refractivity contribution in [1.82, 2.24) is 10.2 Å². The molecule has 0 radical (unpaired) electrons. The van der Waals surface area contributed by atoms with E-state index in [9.17, 15) is 9.59 Å². The molecule has 2 fully saturated rings. The van der Waals surface area contributed by atoms with Gasteiger partial charge in [0.05, 0.1) is 0 Å².